The number of benzene rings is 2. The van der Waals surface area contributed by atoms with Crippen molar-refractivity contribution in [3.63, 3.8) is 0 Å². The van der Waals surface area contributed by atoms with Crippen LogP contribution in [0.3, 0.4) is 0 Å². The van der Waals surface area contributed by atoms with Crippen LogP contribution in [0.25, 0.3) is 0 Å². The summed E-state index contributed by atoms with van der Waals surface area (Å²) in [5, 5.41) is 7.29. The average molecular weight is 754 g/mol. The van der Waals surface area contributed by atoms with E-state index in [9.17, 15) is 35.9 Å². The first kappa shape index (κ1) is 36.8. The largest absolute Gasteiger partial charge is 0.456 e. The van der Waals surface area contributed by atoms with Crippen LogP contribution in [0.2, 0.25) is 0 Å². The number of carbonyl (C=O) groups excluding carboxylic acids is 2. The lowest BCUT2D eigenvalue weighted by molar-refractivity contribution is -0.162. The molecular formula is C28H28Br2F6N6O2. The SMILES string of the molecule is CC(=NCCCCCCN=C(C)C(=NNc1ccc(Br)cc1)C(=O)C(F)(F)F)C(=NNc1ccc(Br)cc1)C(=O)C(F)(F)F. The number of nitrogens with one attached hydrogen (secondary N) is 2. The molecule has 2 aromatic carbocycles. The summed E-state index contributed by atoms with van der Waals surface area (Å²) in [6.07, 6.45) is -8.19. The van der Waals surface area contributed by atoms with Crippen LogP contribution in [0.15, 0.2) is 77.7 Å². The highest BCUT2D eigenvalue weighted by molar-refractivity contribution is 9.10. The van der Waals surface area contributed by atoms with E-state index >= 15 is 0 Å². The van der Waals surface area contributed by atoms with Crippen molar-refractivity contribution in [2.75, 3.05) is 23.9 Å². The van der Waals surface area contributed by atoms with Gasteiger partial charge in [-0.3, -0.25) is 30.4 Å². The van der Waals surface area contributed by atoms with Crippen molar-refractivity contribution in [1.29, 1.82) is 0 Å². The van der Waals surface area contributed by atoms with E-state index in [-0.39, 0.29) is 24.5 Å². The van der Waals surface area contributed by atoms with Crippen LogP contribution in [-0.4, -0.2) is 59.9 Å². The molecule has 0 bridgehead atoms. The summed E-state index contributed by atoms with van der Waals surface area (Å²) in [6, 6.07) is 12.8. The quantitative estimate of drug-likeness (QED) is 0.0828. The van der Waals surface area contributed by atoms with Crippen molar-refractivity contribution in [3.05, 3.63) is 57.5 Å². The van der Waals surface area contributed by atoms with Gasteiger partial charge in [0, 0.05) is 22.0 Å². The summed E-state index contributed by atoms with van der Waals surface area (Å²) < 4.78 is 80.3. The van der Waals surface area contributed by atoms with Crippen molar-refractivity contribution in [3.8, 4) is 0 Å². The first-order chi connectivity index (χ1) is 20.6. The number of hydrogen-bond acceptors (Lipinski definition) is 8. The first-order valence-electron chi connectivity index (χ1n) is 13.0. The predicted octanol–water partition coefficient (Wildman–Crippen LogP) is 8.19. The zero-order valence-electron chi connectivity index (χ0n) is 23.5. The van der Waals surface area contributed by atoms with Gasteiger partial charge in [-0.25, -0.2) is 0 Å². The van der Waals surface area contributed by atoms with E-state index < -0.39 is 35.3 Å². The number of rotatable bonds is 15. The summed E-state index contributed by atoms with van der Waals surface area (Å²) in [5.41, 5.74) is 3.53. The number of hydrazone groups is 2. The summed E-state index contributed by atoms with van der Waals surface area (Å²) in [7, 11) is 0. The number of anilines is 2. The van der Waals surface area contributed by atoms with Gasteiger partial charge in [-0.05, 0) is 75.2 Å². The van der Waals surface area contributed by atoms with Crippen LogP contribution >= 0.6 is 31.9 Å². The number of ketones is 2. The Morgan fingerprint density at radius 1 is 0.614 bits per heavy atom. The molecule has 0 aromatic heterocycles. The molecule has 0 spiro atoms. The second-order valence-corrected chi connectivity index (χ2v) is 11.0. The number of carbonyl (C=O) groups is 2. The maximum Gasteiger partial charge on any atom is 0.456 e. The van der Waals surface area contributed by atoms with Crippen molar-refractivity contribution in [2.24, 2.45) is 20.2 Å². The van der Waals surface area contributed by atoms with Gasteiger partial charge in [0.25, 0.3) is 11.6 Å². The van der Waals surface area contributed by atoms with E-state index in [0.717, 1.165) is 8.95 Å². The molecule has 0 radical (unpaired) electrons. The van der Waals surface area contributed by atoms with E-state index in [1.807, 2.05) is 0 Å². The molecule has 2 rings (SSSR count). The molecule has 44 heavy (non-hydrogen) atoms. The third kappa shape index (κ3) is 12.7. The Morgan fingerprint density at radius 2 is 0.932 bits per heavy atom. The number of unbranched alkanes of at least 4 members (excludes halogenated alkanes) is 3. The van der Waals surface area contributed by atoms with E-state index in [4.69, 9.17) is 0 Å². The Morgan fingerprint density at radius 3 is 1.23 bits per heavy atom. The number of nitrogens with zero attached hydrogens (tertiary/aromatic N) is 4. The number of hydrogen-bond donors (Lipinski definition) is 2. The van der Waals surface area contributed by atoms with Gasteiger partial charge in [-0.1, -0.05) is 44.7 Å². The molecule has 8 nitrogen and oxygen atoms in total. The molecule has 0 atom stereocenters. The van der Waals surface area contributed by atoms with Gasteiger partial charge < -0.3 is 0 Å². The molecule has 2 N–H and O–H groups in total. The topological polar surface area (TPSA) is 108 Å². The van der Waals surface area contributed by atoms with Gasteiger partial charge in [0.15, 0.2) is 11.4 Å². The minimum atomic E-state index is -5.14. The van der Waals surface area contributed by atoms with E-state index in [2.05, 4.69) is 62.9 Å². The minimum absolute atomic E-state index is 0.120. The maximum atomic E-state index is 13.1. The van der Waals surface area contributed by atoms with Gasteiger partial charge >= 0.3 is 12.4 Å². The van der Waals surface area contributed by atoms with Crippen molar-refractivity contribution < 1.29 is 35.9 Å². The highest BCUT2D eigenvalue weighted by Crippen LogP contribution is 2.20. The number of aliphatic imine (C=N–C) groups is 2. The van der Waals surface area contributed by atoms with Crippen LogP contribution in [0, 0.1) is 0 Å². The summed E-state index contributed by atoms with van der Waals surface area (Å²) >= 11 is 6.48. The van der Waals surface area contributed by atoms with Crippen LogP contribution in [0.5, 0.6) is 0 Å². The van der Waals surface area contributed by atoms with E-state index in [1.54, 1.807) is 48.5 Å². The van der Waals surface area contributed by atoms with Gasteiger partial charge in [0.05, 0.1) is 22.8 Å². The highest BCUT2D eigenvalue weighted by atomic mass is 79.9. The zero-order valence-corrected chi connectivity index (χ0v) is 26.7. The minimum Gasteiger partial charge on any atom is -0.288 e. The summed E-state index contributed by atoms with van der Waals surface area (Å²) in [6.45, 7) is 2.76. The number of Topliss-reactive ketones (excluding diaryl/α,β-unsaturated/α-hetero) is 2. The molecular weight excluding hydrogens is 726 g/mol. The van der Waals surface area contributed by atoms with Crippen LogP contribution in [-0.2, 0) is 9.59 Å². The van der Waals surface area contributed by atoms with Gasteiger partial charge in [-0.2, -0.15) is 36.5 Å². The molecule has 0 heterocycles. The Hall–Kier alpha value is -3.40. The van der Waals surface area contributed by atoms with Crippen LogP contribution < -0.4 is 10.9 Å². The Labute approximate surface area is 266 Å². The fourth-order valence-electron chi connectivity index (χ4n) is 3.37. The van der Waals surface area contributed by atoms with Crippen LogP contribution in [0.1, 0.15) is 39.5 Å². The zero-order chi connectivity index (χ0) is 32.9. The maximum absolute atomic E-state index is 13.1. The molecule has 0 amide bonds. The normalized spacial score (nSPS) is 13.6. The molecule has 0 saturated carbocycles. The van der Waals surface area contributed by atoms with Crippen molar-refractivity contribution >= 4 is 77.6 Å². The molecule has 2 aromatic rings. The third-order valence-corrected chi connectivity index (χ3v) is 6.73. The molecule has 0 unspecified atom stereocenters. The second-order valence-electron chi connectivity index (χ2n) is 9.16. The Bertz CT molecular complexity index is 1300. The summed E-state index contributed by atoms with van der Waals surface area (Å²) in [5.74, 6) is -4.26. The predicted molar refractivity (Wildman–Crippen MR) is 167 cm³/mol. The second kappa shape index (κ2) is 17.2. The molecule has 238 valence electrons. The van der Waals surface area contributed by atoms with Crippen molar-refractivity contribution in [1.82, 2.24) is 0 Å². The third-order valence-electron chi connectivity index (χ3n) is 5.68. The average Bonchev–Trinajstić information content (AvgIpc) is 2.95. The Kier molecular flexibility index (Phi) is 14.4. The van der Waals surface area contributed by atoms with Gasteiger partial charge in [0.1, 0.15) is 0 Å². The van der Waals surface area contributed by atoms with Crippen LogP contribution in [0.4, 0.5) is 37.7 Å². The fraction of sp³-hybridized carbons (Fsp3) is 0.357. The monoisotopic (exact) mass is 752 g/mol. The number of halogens is 8. The van der Waals surface area contributed by atoms with E-state index in [1.165, 1.54) is 13.8 Å². The molecule has 0 aliphatic rings. The lowest BCUT2D eigenvalue weighted by atomic mass is 10.1. The van der Waals surface area contributed by atoms with Gasteiger partial charge in [-0.15, -0.1) is 0 Å². The Balaban J connectivity index is 1.93. The van der Waals surface area contributed by atoms with Crippen molar-refractivity contribution in [2.45, 2.75) is 51.9 Å². The lowest BCUT2D eigenvalue weighted by Crippen LogP contribution is -2.35. The summed E-state index contributed by atoms with van der Waals surface area (Å²) in [4.78, 5) is 32.0. The smallest absolute Gasteiger partial charge is 0.288 e. The molecule has 0 aliphatic carbocycles. The molecule has 0 aliphatic heterocycles. The standard InChI is InChI=1S/C28H28Br2F6N6O2/c1-17(23(25(43)27(31,32)33)41-39-21-11-7-19(29)8-12-21)37-15-5-3-4-6-16-38-18(2)24(26(44)28(34,35)36)42-40-22-13-9-20(30)10-14-22/h7-14,39-40H,3-6,15-16H2,1-2H3. The lowest BCUT2D eigenvalue weighted by Gasteiger charge is -2.10. The fourth-order valence-corrected chi connectivity index (χ4v) is 3.90. The van der Waals surface area contributed by atoms with E-state index in [0.29, 0.717) is 37.1 Å². The molecule has 0 saturated heterocycles. The number of alkyl halides is 6. The first-order valence-corrected chi connectivity index (χ1v) is 14.6. The highest BCUT2D eigenvalue weighted by Gasteiger charge is 2.43. The molecule has 16 heteroatoms. The molecule has 0 fully saturated rings. The van der Waals surface area contributed by atoms with Gasteiger partial charge in [0.2, 0.25) is 0 Å².